The zero-order valence-electron chi connectivity index (χ0n) is 13.2. The Morgan fingerprint density at radius 3 is 2.50 bits per heavy atom. The maximum Gasteiger partial charge on any atom is 0.435 e. The molecule has 0 saturated heterocycles. The number of esters is 1. The topological polar surface area (TPSA) is 53.3 Å². The fourth-order valence-corrected chi connectivity index (χ4v) is 2.40. The summed E-state index contributed by atoms with van der Waals surface area (Å²) in [6.45, 7) is 8.27. The second-order valence-corrected chi connectivity index (χ2v) is 11.6. The third-order valence-corrected chi connectivity index (χ3v) is 4.51. The van der Waals surface area contributed by atoms with Crippen molar-refractivity contribution in [1.29, 1.82) is 0 Å². The monoisotopic (exact) mass is 338 g/mol. The summed E-state index contributed by atoms with van der Waals surface area (Å²) < 4.78 is 49.7. The van der Waals surface area contributed by atoms with Crippen molar-refractivity contribution in [3.05, 3.63) is 17.7 Å². The number of ether oxygens (including phenoxy) is 2. The van der Waals surface area contributed by atoms with Gasteiger partial charge in [0.05, 0.1) is 12.9 Å². The highest BCUT2D eigenvalue weighted by molar-refractivity contribution is 6.76. The first-order valence-corrected chi connectivity index (χ1v) is 10.6. The van der Waals surface area contributed by atoms with E-state index in [2.05, 4.69) is 29.4 Å². The van der Waals surface area contributed by atoms with Gasteiger partial charge in [-0.1, -0.05) is 19.6 Å². The highest BCUT2D eigenvalue weighted by Gasteiger charge is 2.40. The molecule has 0 amide bonds. The van der Waals surface area contributed by atoms with Gasteiger partial charge in [0.2, 0.25) is 0 Å². The molecule has 0 aliphatic carbocycles. The van der Waals surface area contributed by atoms with Crippen molar-refractivity contribution in [1.82, 2.24) is 9.55 Å². The predicted molar refractivity (Wildman–Crippen MR) is 77.3 cm³/mol. The third-order valence-electron chi connectivity index (χ3n) is 2.80. The molecule has 1 rings (SSSR count). The molecule has 0 bridgehead atoms. The smallest absolute Gasteiger partial charge is 0.435 e. The Bertz CT molecular complexity index is 510. The van der Waals surface area contributed by atoms with E-state index < -0.39 is 31.6 Å². The van der Waals surface area contributed by atoms with Gasteiger partial charge in [0.1, 0.15) is 6.73 Å². The van der Waals surface area contributed by atoms with E-state index in [9.17, 15) is 18.0 Å². The molecule has 1 heterocycles. The molecular formula is C13H21F3N2O3Si. The molecule has 0 N–H and O–H groups in total. The summed E-state index contributed by atoms with van der Waals surface area (Å²) in [5.74, 6) is -1.05. The largest absolute Gasteiger partial charge is 0.461 e. The van der Waals surface area contributed by atoms with E-state index in [1.807, 2.05) is 0 Å². The van der Waals surface area contributed by atoms with E-state index in [-0.39, 0.29) is 13.3 Å². The maximum atomic E-state index is 12.9. The number of halogens is 3. The van der Waals surface area contributed by atoms with Gasteiger partial charge in [0, 0.05) is 14.7 Å². The number of carbonyl (C=O) groups is 1. The Balaban J connectivity index is 2.86. The second kappa shape index (κ2) is 7.27. The van der Waals surface area contributed by atoms with Crippen LogP contribution in [-0.4, -0.2) is 36.8 Å². The molecule has 0 aliphatic heterocycles. The van der Waals surface area contributed by atoms with Crippen LogP contribution in [0.1, 0.15) is 23.1 Å². The van der Waals surface area contributed by atoms with Crippen LogP contribution in [0.3, 0.4) is 0 Å². The van der Waals surface area contributed by atoms with Gasteiger partial charge in [-0.25, -0.2) is 9.78 Å². The van der Waals surface area contributed by atoms with Gasteiger partial charge < -0.3 is 14.0 Å². The lowest BCUT2D eigenvalue weighted by Gasteiger charge is -2.16. The fraction of sp³-hybridized carbons (Fsp3) is 0.692. The van der Waals surface area contributed by atoms with Crippen LogP contribution in [0.4, 0.5) is 13.2 Å². The van der Waals surface area contributed by atoms with Crippen LogP contribution in [0.2, 0.25) is 25.7 Å². The van der Waals surface area contributed by atoms with Crippen LogP contribution in [0, 0.1) is 0 Å². The molecule has 0 saturated carbocycles. The molecule has 5 nitrogen and oxygen atoms in total. The first-order valence-electron chi connectivity index (χ1n) is 6.93. The normalized spacial score (nSPS) is 12.5. The van der Waals surface area contributed by atoms with E-state index in [1.165, 1.54) is 6.92 Å². The highest BCUT2D eigenvalue weighted by atomic mass is 28.3. The molecule has 0 aliphatic rings. The highest BCUT2D eigenvalue weighted by Crippen LogP contribution is 2.31. The molecule has 0 atom stereocenters. The molecule has 0 unspecified atom stereocenters. The Kier molecular flexibility index (Phi) is 6.18. The maximum absolute atomic E-state index is 12.9. The third kappa shape index (κ3) is 5.45. The van der Waals surface area contributed by atoms with Crippen molar-refractivity contribution in [3.63, 3.8) is 0 Å². The van der Waals surface area contributed by atoms with E-state index in [0.717, 1.165) is 16.9 Å². The second-order valence-electron chi connectivity index (χ2n) is 5.98. The van der Waals surface area contributed by atoms with Crippen molar-refractivity contribution in [3.8, 4) is 0 Å². The first-order chi connectivity index (χ1) is 10.1. The van der Waals surface area contributed by atoms with Crippen molar-refractivity contribution in [2.45, 2.75) is 45.5 Å². The summed E-state index contributed by atoms with van der Waals surface area (Å²) in [6.07, 6.45) is -3.77. The SMILES string of the molecule is CCOC(=O)c1c(C(F)(F)F)ncn1COCC[Si](C)(C)C. The Morgan fingerprint density at radius 2 is 2.00 bits per heavy atom. The van der Waals surface area contributed by atoms with Crippen LogP contribution in [0.25, 0.3) is 0 Å². The fourth-order valence-electron chi connectivity index (χ4n) is 1.64. The summed E-state index contributed by atoms with van der Waals surface area (Å²) in [6, 6.07) is 0.878. The molecule has 0 radical (unpaired) electrons. The van der Waals surface area contributed by atoms with Gasteiger partial charge in [-0.15, -0.1) is 0 Å². The standard InChI is InChI=1S/C13H21F3N2O3Si/c1-5-21-12(19)10-11(13(14,15)16)17-8-18(10)9-20-6-7-22(2,3)4/h8H,5-7,9H2,1-4H3. The van der Waals surface area contributed by atoms with Gasteiger partial charge in [-0.3, -0.25) is 0 Å². The molecule has 9 heteroatoms. The van der Waals surface area contributed by atoms with Crippen LogP contribution in [0.5, 0.6) is 0 Å². The Labute approximate surface area is 128 Å². The summed E-state index contributed by atoms with van der Waals surface area (Å²) in [7, 11) is -1.29. The quantitative estimate of drug-likeness (QED) is 0.434. The summed E-state index contributed by atoms with van der Waals surface area (Å²) in [5, 5.41) is 0. The minimum atomic E-state index is -4.72. The van der Waals surface area contributed by atoms with Gasteiger partial charge in [-0.2, -0.15) is 13.2 Å². The number of nitrogens with zero attached hydrogens (tertiary/aromatic N) is 2. The van der Waals surface area contributed by atoms with Crippen LogP contribution in [0.15, 0.2) is 6.33 Å². The van der Waals surface area contributed by atoms with E-state index in [1.54, 1.807) is 0 Å². The van der Waals surface area contributed by atoms with Crippen LogP contribution < -0.4 is 0 Å². The van der Waals surface area contributed by atoms with Crippen molar-refractivity contribution >= 4 is 14.0 Å². The number of alkyl halides is 3. The van der Waals surface area contributed by atoms with Crippen molar-refractivity contribution in [2.24, 2.45) is 0 Å². The molecule has 0 fully saturated rings. The summed E-state index contributed by atoms with van der Waals surface area (Å²) in [4.78, 5) is 15.0. The predicted octanol–water partition coefficient (Wildman–Crippen LogP) is 3.39. The molecule has 22 heavy (non-hydrogen) atoms. The summed E-state index contributed by atoms with van der Waals surface area (Å²) in [5.41, 5.74) is -1.87. The molecule has 0 aromatic carbocycles. The number of hydrogen-bond acceptors (Lipinski definition) is 4. The van der Waals surface area contributed by atoms with Gasteiger partial charge in [0.15, 0.2) is 11.4 Å². The molecular weight excluding hydrogens is 317 g/mol. The first kappa shape index (κ1) is 18.7. The number of aromatic nitrogens is 2. The van der Waals surface area contributed by atoms with Crippen molar-refractivity contribution < 1.29 is 27.4 Å². The molecule has 126 valence electrons. The molecule has 0 spiro atoms. The zero-order valence-corrected chi connectivity index (χ0v) is 14.2. The number of hydrogen-bond donors (Lipinski definition) is 0. The molecule has 1 aromatic rings. The lowest BCUT2D eigenvalue weighted by atomic mass is 10.3. The Hall–Kier alpha value is -1.35. The van der Waals surface area contributed by atoms with Gasteiger partial charge >= 0.3 is 12.1 Å². The minimum Gasteiger partial charge on any atom is -0.461 e. The van der Waals surface area contributed by atoms with Crippen molar-refractivity contribution in [2.75, 3.05) is 13.2 Å². The average molecular weight is 338 g/mol. The Morgan fingerprint density at radius 1 is 1.36 bits per heavy atom. The lowest BCUT2D eigenvalue weighted by Crippen LogP contribution is -2.23. The van der Waals surface area contributed by atoms with Gasteiger partial charge in [0.25, 0.3) is 0 Å². The molecule has 1 aromatic heterocycles. The van der Waals surface area contributed by atoms with Crippen LogP contribution in [-0.2, 0) is 22.4 Å². The van der Waals surface area contributed by atoms with E-state index in [4.69, 9.17) is 4.74 Å². The van der Waals surface area contributed by atoms with E-state index in [0.29, 0.717) is 6.61 Å². The average Bonchev–Trinajstić information content (AvgIpc) is 2.77. The number of carbonyl (C=O) groups excluding carboxylic acids is 1. The zero-order chi connectivity index (χ0) is 17.0. The number of imidazole rings is 1. The number of rotatable bonds is 7. The van der Waals surface area contributed by atoms with E-state index >= 15 is 0 Å². The summed E-state index contributed by atoms with van der Waals surface area (Å²) >= 11 is 0. The van der Waals surface area contributed by atoms with Crippen LogP contribution >= 0.6 is 0 Å². The van der Waals surface area contributed by atoms with Gasteiger partial charge in [-0.05, 0) is 13.0 Å². The lowest BCUT2D eigenvalue weighted by molar-refractivity contribution is -0.141. The minimum absolute atomic E-state index is 0.0161.